The largest absolute Gasteiger partial charge is 0.390 e. The van der Waals surface area contributed by atoms with Crippen LogP contribution in [0.2, 0.25) is 0 Å². The quantitative estimate of drug-likeness (QED) is 0.712. The minimum Gasteiger partial charge on any atom is -0.390 e. The van der Waals surface area contributed by atoms with E-state index < -0.39 is 5.60 Å². The lowest BCUT2D eigenvalue weighted by atomic mass is 9.47. The fraction of sp³-hybridized carbons (Fsp3) is 0.882. The van der Waals surface area contributed by atoms with Gasteiger partial charge in [0.15, 0.2) is 0 Å². The van der Waals surface area contributed by atoms with Crippen molar-refractivity contribution in [2.45, 2.75) is 69.4 Å². The summed E-state index contributed by atoms with van der Waals surface area (Å²) in [5.41, 5.74) is -0.538. The lowest BCUT2D eigenvalue weighted by Gasteiger charge is -2.60. The predicted octanol–water partition coefficient (Wildman–Crippen LogP) is 1.10. The maximum Gasteiger partial charge on any atom is 0.239 e. The van der Waals surface area contributed by atoms with Crippen molar-refractivity contribution in [3.63, 3.8) is 0 Å². The molecule has 5 rings (SSSR count). The van der Waals surface area contributed by atoms with E-state index >= 15 is 0 Å². The van der Waals surface area contributed by atoms with Crippen LogP contribution in [0.3, 0.4) is 0 Å². The van der Waals surface area contributed by atoms with Gasteiger partial charge in [-0.3, -0.25) is 9.59 Å². The van der Waals surface area contributed by atoms with Crippen molar-refractivity contribution in [1.82, 2.24) is 10.6 Å². The Bertz CT molecular complexity index is 486. The number of carbonyl (C=O) groups is 2. The van der Waals surface area contributed by atoms with Crippen molar-refractivity contribution in [2.24, 2.45) is 17.3 Å². The molecule has 2 amide bonds. The van der Waals surface area contributed by atoms with Gasteiger partial charge in [-0.15, -0.1) is 0 Å². The van der Waals surface area contributed by atoms with Crippen LogP contribution in [0.15, 0.2) is 0 Å². The molecule has 5 aliphatic carbocycles. The molecule has 0 aliphatic heterocycles. The maximum atomic E-state index is 12.3. The Morgan fingerprint density at radius 2 is 1.73 bits per heavy atom. The van der Waals surface area contributed by atoms with Gasteiger partial charge in [0, 0.05) is 12.5 Å². The lowest BCUT2D eigenvalue weighted by molar-refractivity contribution is -0.169. The zero-order valence-electron chi connectivity index (χ0n) is 13.1. The smallest absolute Gasteiger partial charge is 0.239 e. The molecule has 4 bridgehead atoms. The number of carbonyl (C=O) groups excluding carboxylic acids is 2. The highest BCUT2D eigenvalue weighted by Crippen LogP contribution is 2.62. The molecule has 0 radical (unpaired) electrons. The van der Waals surface area contributed by atoms with E-state index in [1.54, 1.807) is 0 Å². The highest BCUT2D eigenvalue weighted by molar-refractivity contribution is 5.85. The van der Waals surface area contributed by atoms with E-state index in [0.717, 1.165) is 44.9 Å². The molecule has 0 aromatic carbocycles. The fourth-order valence-corrected chi connectivity index (χ4v) is 5.70. The molecule has 0 heterocycles. The number of rotatable bonds is 5. The Morgan fingerprint density at radius 3 is 2.32 bits per heavy atom. The first-order valence-electron chi connectivity index (χ1n) is 8.72. The first-order valence-corrected chi connectivity index (χ1v) is 8.72. The fourth-order valence-electron chi connectivity index (χ4n) is 5.70. The van der Waals surface area contributed by atoms with E-state index in [9.17, 15) is 14.7 Å². The Balaban J connectivity index is 1.32. The van der Waals surface area contributed by atoms with Gasteiger partial charge in [0.1, 0.15) is 0 Å². The van der Waals surface area contributed by atoms with E-state index in [1.807, 2.05) is 0 Å². The second-order valence-corrected chi connectivity index (χ2v) is 8.48. The van der Waals surface area contributed by atoms with Gasteiger partial charge in [-0.1, -0.05) is 0 Å². The van der Waals surface area contributed by atoms with Crippen molar-refractivity contribution < 1.29 is 14.7 Å². The SMILES string of the molecule is O=C(CC12C[C@@H]3C[C@H](CC(O)(C3)C1)C2)NCC(=O)NC1CC1. The second-order valence-electron chi connectivity index (χ2n) is 8.48. The molecule has 0 spiro atoms. The first kappa shape index (κ1) is 14.5. The molecule has 5 nitrogen and oxygen atoms in total. The molecule has 0 unspecified atom stereocenters. The van der Waals surface area contributed by atoms with Crippen molar-refractivity contribution in [3.05, 3.63) is 0 Å². The van der Waals surface area contributed by atoms with E-state index in [1.165, 1.54) is 6.42 Å². The predicted molar refractivity (Wildman–Crippen MR) is 80.9 cm³/mol. The Morgan fingerprint density at radius 1 is 1.05 bits per heavy atom. The van der Waals surface area contributed by atoms with Crippen molar-refractivity contribution >= 4 is 11.8 Å². The van der Waals surface area contributed by atoms with Crippen LogP contribution in [-0.4, -0.2) is 35.1 Å². The zero-order valence-corrected chi connectivity index (χ0v) is 13.1. The normalized spacial score (nSPS) is 42.2. The molecule has 5 fully saturated rings. The van der Waals surface area contributed by atoms with Gasteiger partial charge < -0.3 is 15.7 Å². The van der Waals surface area contributed by atoms with Crippen molar-refractivity contribution in [1.29, 1.82) is 0 Å². The summed E-state index contributed by atoms with van der Waals surface area (Å²) in [7, 11) is 0. The number of aliphatic hydroxyl groups is 1. The Hall–Kier alpha value is -1.10. The van der Waals surface area contributed by atoms with Crippen LogP contribution in [0.1, 0.15) is 57.8 Å². The summed E-state index contributed by atoms with van der Waals surface area (Å²) in [4.78, 5) is 23.9. The third-order valence-electron chi connectivity index (χ3n) is 6.08. The molecule has 5 heteroatoms. The van der Waals surface area contributed by atoms with Gasteiger partial charge in [-0.2, -0.15) is 0 Å². The number of nitrogens with one attached hydrogen (secondary N) is 2. The summed E-state index contributed by atoms with van der Waals surface area (Å²) in [6, 6.07) is 0.335. The molecular weight excluding hydrogens is 280 g/mol. The molecule has 3 N–H and O–H groups in total. The summed E-state index contributed by atoms with van der Waals surface area (Å²) >= 11 is 0. The number of amides is 2. The van der Waals surface area contributed by atoms with Gasteiger partial charge in [-0.25, -0.2) is 0 Å². The average Bonchev–Trinajstić information content (AvgIpc) is 3.16. The standard InChI is InChI=1S/C17H26N2O3/c20-14(18-9-15(21)19-13-1-2-13)8-16-4-11-3-12(5-16)7-17(22,6-11)10-16/h11-13,22H,1-10H2,(H,18,20)(H,19,21)/t11-,12-,16?,17?/m0/s1. The van der Waals surface area contributed by atoms with E-state index in [2.05, 4.69) is 10.6 Å². The van der Waals surface area contributed by atoms with Gasteiger partial charge >= 0.3 is 0 Å². The average molecular weight is 306 g/mol. The molecule has 122 valence electrons. The molecule has 0 saturated heterocycles. The van der Waals surface area contributed by atoms with E-state index in [0.29, 0.717) is 24.3 Å². The van der Waals surface area contributed by atoms with Gasteiger partial charge in [0.25, 0.3) is 0 Å². The van der Waals surface area contributed by atoms with Gasteiger partial charge in [0.2, 0.25) is 11.8 Å². The van der Waals surface area contributed by atoms with Crippen molar-refractivity contribution in [3.8, 4) is 0 Å². The van der Waals surface area contributed by atoms with Gasteiger partial charge in [0.05, 0.1) is 12.1 Å². The highest BCUT2D eigenvalue weighted by atomic mass is 16.3. The summed E-state index contributed by atoms with van der Waals surface area (Å²) in [6.07, 6.45) is 8.60. The number of hydrogen-bond acceptors (Lipinski definition) is 3. The summed E-state index contributed by atoms with van der Waals surface area (Å²) in [5.74, 6) is 1.07. The maximum absolute atomic E-state index is 12.3. The van der Waals surface area contributed by atoms with Gasteiger partial charge in [-0.05, 0) is 68.6 Å². The monoisotopic (exact) mass is 306 g/mol. The third kappa shape index (κ3) is 2.87. The first-order chi connectivity index (χ1) is 10.4. The van der Waals surface area contributed by atoms with Crippen LogP contribution in [-0.2, 0) is 9.59 Å². The van der Waals surface area contributed by atoms with Crippen LogP contribution < -0.4 is 10.6 Å². The summed E-state index contributed by atoms with van der Waals surface area (Å²) in [6.45, 7) is 0.0859. The molecular formula is C17H26N2O3. The van der Waals surface area contributed by atoms with E-state index in [-0.39, 0.29) is 23.8 Å². The van der Waals surface area contributed by atoms with Crippen molar-refractivity contribution in [2.75, 3.05) is 6.54 Å². The third-order valence-corrected chi connectivity index (χ3v) is 6.08. The molecule has 5 saturated carbocycles. The molecule has 0 aromatic heterocycles. The molecule has 22 heavy (non-hydrogen) atoms. The second kappa shape index (κ2) is 4.95. The van der Waals surface area contributed by atoms with Crippen LogP contribution in [0.4, 0.5) is 0 Å². The summed E-state index contributed by atoms with van der Waals surface area (Å²) < 4.78 is 0. The van der Waals surface area contributed by atoms with Crippen LogP contribution in [0.5, 0.6) is 0 Å². The molecule has 0 aromatic rings. The van der Waals surface area contributed by atoms with Crippen LogP contribution in [0, 0.1) is 17.3 Å². The minimum atomic E-state index is -0.520. The Kier molecular flexibility index (Phi) is 3.26. The highest BCUT2D eigenvalue weighted by Gasteiger charge is 2.57. The lowest BCUT2D eigenvalue weighted by Crippen LogP contribution is -2.56. The topological polar surface area (TPSA) is 78.4 Å². The molecule has 2 atom stereocenters. The zero-order chi connectivity index (χ0) is 15.4. The van der Waals surface area contributed by atoms with Crippen LogP contribution in [0.25, 0.3) is 0 Å². The number of hydrogen-bond donors (Lipinski definition) is 3. The minimum absolute atomic E-state index is 0.0180. The van der Waals surface area contributed by atoms with E-state index in [4.69, 9.17) is 0 Å². The van der Waals surface area contributed by atoms with Crippen LogP contribution >= 0.6 is 0 Å². The molecule has 5 aliphatic rings. The summed E-state index contributed by atoms with van der Waals surface area (Å²) in [5, 5.41) is 16.4. The Labute approximate surface area is 131 Å².